The van der Waals surface area contributed by atoms with E-state index in [0.717, 1.165) is 11.6 Å². The molecule has 34 heavy (non-hydrogen) atoms. The largest absolute Gasteiger partial charge is 0.493 e. The maximum absolute atomic E-state index is 14.0. The summed E-state index contributed by atoms with van der Waals surface area (Å²) in [5.41, 5.74) is 1.36. The number of hydrogen-bond donors (Lipinski definition) is 0. The molecule has 0 aliphatic carbocycles. The fourth-order valence-electron chi connectivity index (χ4n) is 3.83. The summed E-state index contributed by atoms with van der Waals surface area (Å²) in [4.78, 5) is 1.64. The number of nitrogens with zero attached hydrogens (tertiary/aromatic N) is 4. The Morgan fingerprint density at radius 3 is 2.03 bits per heavy atom. The predicted octanol–water partition coefficient (Wildman–Crippen LogP) is 2.82. The molecule has 1 aromatic heterocycles. The number of piperazine rings is 1. The molecule has 11 heteroatoms. The Hall–Kier alpha value is -3.44. The average molecular weight is 489 g/mol. The third kappa shape index (κ3) is 4.48. The fraction of sp³-hybridized carbons (Fsp3) is 0.304. The summed E-state index contributed by atoms with van der Waals surface area (Å²) in [6.07, 6.45) is 0. The smallest absolute Gasteiger partial charge is 0.246 e. The molecule has 0 spiro atoms. The first-order chi connectivity index (χ1) is 16.4. The van der Waals surface area contributed by atoms with Gasteiger partial charge in [0.15, 0.2) is 17.3 Å². The van der Waals surface area contributed by atoms with Crippen molar-refractivity contribution in [3.05, 3.63) is 54.3 Å². The van der Waals surface area contributed by atoms with Crippen molar-refractivity contribution >= 4 is 15.8 Å². The molecule has 0 bridgehead atoms. The van der Waals surface area contributed by atoms with Gasteiger partial charge in [0, 0.05) is 31.7 Å². The van der Waals surface area contributed by atoms with Gasteiger partial charge >= 0.3 is 0 Å². The summed E-state index contributed by atoms with van der Waals surface area (Å²) in [5, 5.41) is 8.66. The van der Waals surface area contributed by atoms with Crippen LogP contribution in [0.3, 0.4) is 0 Å². The lowest BCUT2D eigenvalue weighted by molar-refractivity contribution is 0.324. The third-order valence-electron chi connectivity index (χ3n) is 5.63. The van der Waals surface area contributed by atoms with Gasteiger partial charge in [0.2, 0.25) is 15.8 Å². The molecule has 1 aliphatic heterocycles. The molecule has 0 saturated carbocycles. The standard InChI is InChI=1S/C23H25FN4O5S/c1-31-19-14-16(15-20(32-2)23(19)33-3)18-8-9-22(26-25-18)27-10-12-28(13-11-27)34(29,30)21-7-5-4-6-17(21)24/h4-9,14-15H,10-13H2,1-3H3. The molecule has 0 unspecified atom stereocenters. The van der Waals surface area contributed by atoms with Crippen molar-refractivity contribution in [2.45, 2.75) is 4.90 Å². The molecule has 4 rings (SSSR count). The maximum atomic E-state index is 14.0. The molecule has 1 fully saturated rings. The van der Waals surface area contributed by atoms with E-state index in [-0.39, 0.29) is 18.0 Å². The van der Waals surface area contributed by atoms with Crippen LogP contribution in [0.15, 0.2) is 53.4 Å². The normalized spacial score (nSPS) is 14.6. The summed E-state index contributed by atoms with van der Waals surface area (Å²) in [7, 11) is 0.726. The number of ether oxygens (including phenoxy) is 3. The first-order valence-corrected chi connectivity index (χ1v) is 12.0. The van der Waals surface area contributed by atoms with E-state index >= 15 is 0 Å². The lowest BCUT2D eigenvalue weighted by atomic mass is 10.1. The summed E-state index contributed by atoms with van der Waals surface area (Å²) in [6.45, 7) is 1.25. The fourth-order valence-corrected chi connectivity index (χ4v) is 5.31. The average Bonchev–Trinajstić information content (AvgIpc) is 2.88. The van der Waals surface area contributed by atoms with Gasteiger partial charge in [-0.15, -0.1) is 10.2 Å². The highest BCUT2D eigenvalue weighted by atomic mass is 32.2. The van der Waals surface area contributed by atoms with Crippen LogP contribution in [0.4, 0.5) is 10.2 Å². The molecule has 1 saturated heterocycles. The van der Waals surface area contributed by atoms with E-state index in [9.17, 15) is 12.8 Å². The van der Waals surface area contributed by atoms with Crippen molar-refractivity contribution in [1.29, 1.82) is 0 Å². The molecular formula is C23H25FN4O5S. The minimum atomic E-state index is -3.90. The molecule has 180 valence electrons. The van der Waals surface area contributed by atoms with E-state index in [1.807, 2.05) is 17.0 Å². The number of halogens is 1. The van der Waals surface area contributed by atoms with E-state index < -0.39 is 15.8 Å². The Bertz CT molecular complexity index is 1240. The summed E-state index contributed by atoms with van der Waals surface area (Å²) >= 11 is 0. The van der Waals surface area contributed by atoms with Crippen LogP contribution in [-0.2, 0) is 10.0 Å². The number of hydrogen-bond acceptors (Lipinski definition) is 8. The Morgan fingerprint density at radius 1 is 0.853 bits per heavy atom. The van der Waals surface area contributed by atoms with Crippen LogP contribution in [0, 0.1) is 5.82 Å². The molecule has 9 nitrogen and oxygen atoms in total. The SMILES string of the molecule is COc1cc(-c2ccc(N3CCN(S(=O)(=O)c4ccccc4F)CC3)nn2)cc(OC)c1OC. The van der Waals surface area contributed by atoms with Crippen molar-refractivity contribution in [3.63, 3.8) is 0 Å². The number of rotatable bonds is 7. The van der Waals surface area contributed by atoms with Gasteiger partial charge in [-0.05, 0) is 36.4 Å². The summed E-state index contributed by atoms with van der Waals surface area (Å²) < 4.78 is 57.1. The maximum Gasteiger partial charge on any atom is 0.246 e. The van der Waals surface area contributed by atoms with E-state index in [2.05, 4.69) is 10.2 Å². The second kappa shape index (κ2) is 9.82. The zero-order chi connectivity index (χ0) is 24.3. The van der Waals surface area contributed by atoms with Gasteiger partial charge in [-0.3, -0.25) is 0 Å². The third-order valence-corrected chi connectivity index (χ3v) is 7.56. The van der Waals surface area contributed by atoms with Crippen LogP contribution in [-0.4, -0.2) is 70.4 Å². The topological polar surface area (TPSA) is 94.1 Å². The number of sulfonamides is 1. The number of anilines is 1. The molecule has 0 atom stereocenters. The quantitative estimate of drug-likeness (QED) is 0.501. The second-order valence-electron chi connectivity index (χ2n) is 7.51. The van der Waals surface area contributed by atoms with E-state index in [0.29, 0.717) is 41.8 Å². The highest BCUT2D eigenvalue weighted by Crippen LogP contribution is 2.40. The minimum Gasteiger partial charge on any atom is -0.493 e. The first kappa shape index (κ1) is 23.7. The Kier molecular flexibility index (Phi) is 6.85. The van der Waals surface area contributed by atoms with Gasteiger partial charge in [-0.25, -0.2) is 12.8 Å². The summed E-state index contributed by atoms with van der Waals surface area (Å²) in [5.74, 6) is 1.38. The summed E-state index contributed by atoms with van der Waals surface area (Å²) in [6, 6.07) is 12.6. The van der Waals surface area contributed by atoms with Gasteiger partial charge in [0.05, 0.1) is 27.0 Å². The lowest BCUT2D eigenvalue weighted by Crippen LogP contribution is -2.49. The Morgan fingerprint density at radius 2 is 1.50 bits per heavy atom. The molecule has 2 aromatic carbocycles. The Balaban J connectivity index is 1.49. The van der Waals surface area contributed by atoms with Crippen molar-refractivity contribution in [1.82, 2.24) is 14.5 Å². The number of aromatic nitrogens is 2. The van der Waals surface area contributed by atoms with Gasteiger partial charge in [-0.1, -0.05) is 12.1 Å². The van der Waals surface area contributed by atoms with E-state index in [4.69, 9.17) is 14.2 Å². The highest BCUT2D eigenvalue weighted by molar-refractivity contribution is 7.89. The van der Waals surface area contributed by atoms with Crippen LogP contribution in [0.5, 0.6) is 17.2 Å². The molecule has 3 aromatic rings. The van der Waals surface area contributed by atoms with Crippen LogP contribution in [0.25, 0.3) is 11.3 Å². The van der Waals surface area contributed by atoms with Crippen LogP contribution >= 0.6 is 0 Å². The van der Waals surface area contributed by atoms with Crippen LogP contribution in [0.2, 0.25) is 0 Å². The van der Waals surface area contributed by atoms with Crippen molar-refractivity contribution in [2.75, 3.05) is 52.4 Å². The zero-order valence-electron chi connectivity index (χ0n) is 19.1. The first-order valence-electron chi connectivity index (χ1n) is 10.5. The molecule has 0 N–H and O–H groups in total. The lowest BCUT2D eigenvalue weighted by Gasteiger charge is -2.34. The minimum absolute atomic E-state index is 0.215. The van der Waals surface area contributed by atoms with Gasteiger partial charge in [0.1, 0.15) is 10.7 Å². The van der Waals surface area contributed by atoms with Gasteiger partial charge < -0.3 is 19.1 Å². The Labute approximate surface area is 197 Å². The van der Waals surface area contributed by atoms with Crippen LogP contribution < -0.4 is 19.1 Å². The van der Waals surface area contributed by atoms with Gasteiger partial charge in [0.25, 0.3) is 0 Å². The van der Waals surface area contributed by atoms with E-state index in [1.54, 1.807) is 26.4 Å². The van der Waals surface area contributed by atoms with Crippen LogP contribution in [0.1, 0.15) is 0 Å². The molecule has 0 radical (unpaired) electrons. The number of benzene rings is 2. The van der Waals surface area contributed by atoms with Crippen molar-refractivity contribution in [2.24, 2.45) is 0 Å². The van der Waals surface area contributed by atoms with E-state index in [1.165, 1.54) is 29.6 Å². The zero-order valence-corrected chi connectivity index (χ0v) is 19.9. The highest BCUT2D eigenvalue weighted by Gasteiger charge is 2.31. The van der Waals surface area contributed by atoms with Crippen molar-refractivity contribution < 1.29 is 27.0 Å². The second-order valence-corrected chi connectivity index (χ2v) is 9.42. The van der Waals surface area contributed by atoms with Gasteiger partial charge in [-0.2, -0.15) is 4.31 Å². The molecular weight excluding hydrogens is 463 g/mol. The molecule has 0 amide bonds. The molecule has 1 aliphatic rings. The number of methoxy groups -OCH3 is 3. The predicted molar refractivity (Wildman–Crippen MR) is 124 cm³/mol. The molecule has 2 heterocycles. The van der Waals surface area contributed by atoms with Crippen molar-refractivity contribution in [3.8, 4) is 28.5 Å². The monoisotopic (exact) mass is 488 g/mol.